The molecule has 1 aromatic heterocycles. The van der Waals surface area contributed by atoms with E-state index in [0.29, 0.717) is 31.9 Å². The van der Waals surface area contributed by atoms with Gasteiger partial charge in [0.15, 0.2) is 4.34 Å². The number of hydrogen-bond acceptors (Lipinski definition) is 8. The topological polar surface area (TPSA) is 85.8 Å². The largest absolute Gasteiger partial charge is 0.460 e. The molecule has 0 saturated carbocycles. The quantitative estimate of drug-likeness (QED) is 0.392. The number of carbonyl (C=O) groups is 1. The van der Waals surface area contributed by atoms with E-state index in [1.807, 2.05) is 24.3 Å². The number of fused-ring (bicyclic) bond motifs is 1. The number of thiazole rings is 1. The van der Waals surface area contributed by atoms with Crippen LogP contribution >= 0.6 is 23.1 Å². The molecule has 158 valence electrons. The van der Waals surface area contributed by atoms with Gasteiger partial charge in [-0.1, -0.05) is 36.0 Å². The summed E-state index contributed by atoms with van der Waals surface area (Å²) in [7, 11) is -3.58. The molecule has 0 amide bonds. The Kier molecular flexibility index (Phi) is 6.69. The molecule has 0 spiro atoms. The highest BCUT2D eigenvalue weighted by Gasteiger charge is 2.26. The molecular weight excluding hydrogens is 444 g/mol. The van der Waals surface area contributed by atoms with E-state index in [0.717, 1.165) is 14.6 Å². The Morgan fingerprint density at radius 1 is 1.17 bits per heavy atom. The SMILES string of the molecule is O=C(CSc1nc2ccccc2s1)OCc1cccc(S(=O)(=O)N2CCOCC2)c1. The summed E-state index contributed by atoms with van der Waals surface area (Å²) >= 11 is 2.87. The monoisotopic (exact) mass is 464 g/mol. The minimum Gasteiger partial charge on any atom is -0.460 e. The molecule has 0 N–H and O–H groups in total. The van der Waals surface area contributed by atoms with Gasteiger partial charge in [0, 0.05) is 13.1 Å². The second kappa shape index (κ2) is 9.44. The lowest BCUT2D eigenvalue weighted by atomic mass is 10.2. The van der Waals surface area contributed by atoms with Crippen molar-refractivity contribution in [2.24, 2.45) is 0 Å². The molecule has 0 atom stereocenters. The van der Waals surface area contributed by atoms with E-state index in [-0.39, 0.29) is 23.2 Å². The van der Waals surface area contributed by atoms with Gasteiger partial charge in [0.25, 0.3) is 0 Å². The van der Waals surface area contributed by atoms with Crippen LogP contribution in [0.1, 0.15) is 5.56 Å². The van der Waals surface area contributed by atoms with Crippen molar-refractivity contribution in [1.82, 2.24) is 9.29 Å². The van der Waals surface area contributed by atoms with Gasteiger partial charge < -0.3 is 9.47 Å². The highest BCUT2D eigenvalue weighted by Crippen LogP contribution is 2.29. The van der Waals surface area contributed by atoms with Crippen LogP contribution in [0.25, 0.3) is 10.2 Å². The van der Waals surface area contributed by atoms with Crippen LogP contribution < -0.4 is 0 Å². The molecule has 7 nitrogen and oxygen atoms in total. The average Bonchev–Trinajstić information content (AvgIpc) is 3.20. The average molecular weight is 465 g/mol. The molecule has 1 aliphatic heterocycles. The molecular formula is C20H20N2O5S3. The van der Waals surface area contributed by atoms with Gasteiger partial charge in [-0.25, -0.2) is 13.4 Å². The van der Waals surface area contributed by atoms with Crippen LogP contribution in [0.2, 0.25) is 0 Å². The number of para-hydroxylation sites is 1. The maximum atomic E-state index is 12.8. The number of thioether (sulfide) groups is 1. The first kappa shape index (κ1) is 21.3. The third-order valence-electron chi connectivity index (χ3n) is 4.49. The summed E-state index contributed by atoms with van der Waals surface area (Å²) < 4.78 is 39.4. The van der Waals surface area contributed by atoms with Gasteiger partial charge >= 0.3 is 5.97 Å². The summed E-state index contributed by atoms with van der Waals surface area (Å²) in [6.45, 7) is 1.48. The first-order valence-electron chi connectivity index (χ1n) is 9.33. The van der Waals surface area contributed by atoms with Crippen LogP contribution in [0, 0.1) is 0 Å². The van der Waals surface area contributed by atoms with Gasteiger partial charge in [0.2, 0.25) is 10.0 Å². The molecule has 2 heterocycles. The number of ether oxygens (including phenoxy) is 2. The first-order valence-corrected chi connectivity index (χ1v) is 12.6. The van der Waals surface area contributed by atoms with Crippen LogP contribution in [0.3, 0.4) is 0 Å². The van der Waals surface area contributed by atoms with E-state index in [2.05, 4.69) is 4.98 Å². The Balaban J connectivity index is 1.33. The summed E-state index contributed by atoms with van der Waals surface area (Å²) in [5.74, 6) is -0.230. The van der Waals surface area contributed by atoms with Crippen molar-refractivity contribution in [2.45, 2.75) is 15.8 Å². The third-order valence-corrected chi connectivity index (χ3v) is 8.54. The standard InChI is InChI=1S/C20H20N2O5S3/c23-19(14-28-20-21-17-6-1-2-7-18(17)29-20)27-13-15-4-3-5-16(12-15)30(24,25)22-8-10-26-11-9-22/h1-7,12H,8-11,13-14H2. The van der Waals surface area contributed by atoms with E-state index < -0.39 is 10.0 Å². The number of aromatic nitrogens is 1. The van der Waals surface area contributed by atoms with Crippen molar-refractivity contribution >= 4 is 49.3 Å². The van der Waals surface area contributed by atoms with Gasteiger partial charge in [0.1, 0.15) is 6.61 Å². The van der Waals surface area contributed by atoms with Gasteiger partial charge in [-0.15, -0.1) is 11.3 Å². The fourth-order valence-electron chi connectivity index (χ4n) is 2.97. The summed E-state index contributed by atoms with van der Waals surface area (Å²) in [4.78, 5) is 16.8. The molecule has 30 heavy (non-hydrogen) atoms. The molecule has 1 saturated heterocycles. The normalized spacial score (nSPS) is 15.3. The molecule has 4 rings (SSSR count). The Hall–Kier alpha value is -1.98. The Labute approximate surface area is 183 Å². The summed E-state index contributed by atoms with van der Waals surface area (Å²) in [6, 6.07) is 14.3. The van der Waals surface area contributed by atoms with Gasteiger partial charge in [0.05, 0.1) is 34.1 Å². The molecule has 3 aromatic rings. The number of esters is 1. The Morgan fingerprint density at radius 3 is 2.77 bits per heavy atom. The predicted molar refractivity (Wildman–Crippen MR) is 116 cm³/mol. The van der Waals surface area contributed by atoms with Crippen LogP contribution in [0.5, 0.6) is 0 Å². The number of morpholine rings is 1. The molecule has 1 aliphatic rings. The number of carbonyl (C=O) groups excluding carboxylic acids is 1. The van der Waals surface area contributed by atoms with Crippen molar-refractivity contribution in [1.29, 1.82) is 0 Å². The first-order chi connectivity index (χ1) is 14.5. The Bertz CT molecular complexity index is 1110. The molecule has 0 bridgehead atoms. The summed E-state index contributed by atoms with van der Waals surface area (Å²) in [5, 5.41) is 0. The van der Waals surface area contributed by atoms with Gasteiger partial charge in [-0.3, -0.25) is 4.79 Å². The van der Waals surface area contributed by atoms with Crippen LogP contribution in [0.4, 0.5) is 0 Å². The molecule has 10 heteroatoms. The van der Waals surface area contributed by atoms with E-state index in [1.54, 1.807) is 24.3 Å². The van der Waals surface area contributed by atoms with Crippen LogP contribution in [-0.2, 0) is 30.9 Å². The Morgan fingerprint density at radius 2 is 1.97 bits per heavy atom. The predicted octanol–water partition coefficient (Wildman–Crippen LogP) is 3.15. The molecule has 0 radical (unpaired) electrons. The third kappa shape index (κ3) is 5.01. The summed E-state index contributed by atoms with van der Waals surface area (Å²) in [5.41, 5.74) is 1.54. The number of sulfonamides is 1. The molecule has 0 unspecified atom stereocenters. The lowest BCUT2D eigenvalue weighted by molar-refractivity contribution is -0.141. The van der Waals surface area contributed by atoms with Crippen LogP contribution in [0.15, 0.2) is 57.8 Å². The fraction of sp³-hybridized carbons (Fsp3) is 0.300. The summed E-state index contributed by atoms with van der Waals surface area (Å²) in [6.07, 6.45) is 0. The maximum absolute atomic E-state index is 12.8. The van der Waals surface area contributed by atoms with E-state index in [9.17, 15) is 13.2 Å². The molecule has 0 aliphatic carbocycles. The highest BCUT2D eigenvalue weighted by molar-refractivity contribution is 8.01. The zero-order valence-electron chi connectivity index (χ0n) is 16.0. The highest BCUT2D eigenvalue weighted by atomic mass is 32.2. The maximum Gasteiger partial charge on any atom is 0.316 e. The van der Waals surface area contributed by atoms with Crippen molar-refractivity contribution < 1.29 is 22.7 Å². The van der Waals surface area contributed by atoms with E-state index in [4.69, 9.17) is 9.47 Å². The number of rotatable bonds is 7. The second-order valence-electron chi connectivity index (χ2n) is 6.56. The van der Waals surface area contributed by atoms with Crippen molar-refractivity contribution in [2.75, 3.05) is 32.1 Å². The van der Waals surface area contributed by atoms with E-state index >= 15 is 0 Å². The number of nitrogens with zero attached hydrogens (tertiary/aromatic N) is 2. The minimum absolute atomic E-state index is 0.0196. The van der Waals surface area contributed by atoms with Crippen molar-refractivity contribution in [3.63, 3.8) is 0 Å². The lowest BCUT2D eigenvalue weighted by Crippen LogP contribution is -2.40. The number of benzene rings is 2. The molecule has 1 fully saturated rings. The van der Waals surface area contributed by atoms with Crippen molar-refractivity contribution in [3.05, 3.63) is 54.1 Å². The van der Waals surface area contributed by atoms with Gasteiger partial charge in [-0.2, -0.15) is 4.31 Å². The van der Waals surface area contributed by atoms with Gasteiger partial charge in [-0.05, 0) is 29.8 Å². The zero-order valence-corrected chi connectivity index (χ0v) is 18.5. The minimum atomic E-state index is -3.58. The number of hydrogen-bond donors (Lipinski definition) is 0. The van der Waals surface area contributed by atoms with Crippen molar-refractivity contribution in [3.8, 4) is 0 Å². The zero-order chi connectivity index (χ0) is 21.0. The second-order valence-corrected chi connectivity index (χ2v) is 10.8. The lowest BCUT2D eigenvalue weighted by Gasteiger charge is -2.26. The molecule has 2 aromatic carbocycles. The van der Waals surface area contributed by atoms with Crippen LogP contribution in [-0.4, -0.2) is 55.7 Å². The fourth-order valence-corrected chi connectivity index (χ4v) is 6.32. The van der Waals surface area contributed by atoms with E-state index in [1.165, 1.54) is 27.4 Å². The smallest absolute Gasteiger partial charge is 0.316 e.